The first-order valence-corrected chi connectivity index (χ1v) is 16.6. The Morgan fingerprint density at radius 1 is 0.854 bits per heavy atom. The summed E-state index contributed by atoms with van der Waals surface area (Å²) in [6, 6.07) is 28.0. The van der Waals surface area contributed by atoms with Gasteiger partial charge in [0.05, 0.1) is 0 Å². The molecule has 6 aromatic rings. The van der Waals surface area contributed by atoms with Gasteiger partial charge in [-0.25, -0.2) is 0 Å². The molecule has 0 atom stereocenters. The number of para-hydroxylation sites is 1. The second kappa shape index (κ2) is 12.5. The van der Waals surface area contributed by atoms with Crippen LogP contribution in [0.3, 0.4) is 0 Å². The van der Waals surface area contributed by atoms with Crippen LogP contribution in [0.25, 0.3) is 54.5 Å². The molecule has 0 saturated carbocycles. The minimum atomic E-state index is -0.417. The summed E-state index contributed by atoms with van der Waals surface area (Å²) in [5.74, 6) is 0.595. The van der Waals surface area contributed by atoms with Gasteiger partial charge in [-0.15, -0.1) is 12.1 Å². The summed E-state index contributed by atoms with van der Waals surface area (Å²) >= 11 is 0. The van der Waals surface area contributed by atoms with E-state index in [-0.39, 0.29) is 42.5 Å². The number of hydrogen-bond acceptors (Lipinski definition) is 4. The number of aliphatic hydroxyl groups excluding tert-OH is 1. The molecule has 1 N–H and O–H groups in total. The molecule has 1 aliphatic carbocycles. The Morgan fingerprint density at radius 3 is 2.21 bits per heavy atom. The summed E-state index contributed by atoms with van der Waals surface area (Å²) in [6.07, 6.45) is 3.28. The van der Waals surface area contributed by atoms with Gasteiger partial charge >= 0.3 is 0 Å². The van der Waals surface area contributed by atoms with Gasteiger partial charge in [0.25, 0.3) is 0 Å². The monoisotopic (exact) mass is 814 g/mol. The van der Waals surface area contributed by atoms with Gasteiger partial charge in [0.2, 0.25) is 0 Å². The molecule has 2 aromatic heterocycles. The molecule has 1 radical (unpaired) electrons. The zero-order chi connectivity index (χ0) is 34.1. The van der Waals surface area contributed by atoms with E-state index in [0.717, 1.165) is 27.9 Å². The molecule has 48 heavy (non-hydrogen) atoms. The van der Waals surface area contributed by atoms with Crippen LogP contribution in [0.5, 0.6) is 0 Å². The van der Waals surface area contributed by atoms with Crippen molar-refractivity contribution in [2.75, 3.05) is 0 Å². The van der Waals surface area contributed by atoms with E-state index >= 15 is 0 Å². The molecule has 5 heteroatoms. The third-order valence-corrected chi connectivity index (χ3v) is 9.46. The van der Waals surface area contributed by atoms with E-state index in [9.17, 15) is 9.90 Å². The number of hydrogen-bond donors (Lipinski definition) is 1. The van der Waals surface area contributed by atoms with Crippen LogP contribution in [0.15, 0.2) is 84.8 Å². The number of benzene rings is 4. The maximum atomic E-state index is 11.5. The molecule has 2 heterocycles. The Kier molecular flexibility index (Phi) is 9.22. The summed E-state index contributed by atoms with van der Waals surface area (Å²) < 4.78 is 0. The summed E-state index contributed by atoms with van der Waals surface area (Å²) in [5, 5.41) is 18.3. The quantitative estimate of drug-likeness (QED) is 0.0819. The molecule has 1 aliphatic rings. The number of allylic oxidation sites excluding steroid dienone is 2. The van der Waals surface area contributed by atoms with Crippen molar-refractivity contribution in [1.29, 1.82) is 0 Å². The molecule has 0 unspecified atom stereocenters. The first kappa shape index (κ1) is 35.4. The standard InChI is InChI=1S/C32H25N2.C11H20O2.Ir/c1-18(2)20-10-9-19-11-12-22-23-13-14-33-30-26-16-21-7-5-6-8-28(21)34-31(26)32(3,4)27(29(23)30)17-25(22)24(19)15-20;1-10(2,3)8(12)7-9(13)11(4,5)6;/h5-15,17-18H,1-4H3;7,12H,1-6H3;/q-1;;/b;8-7-;. The minimum absolute atomic E-state index is 0. The Morgan fingerprint density at radius 2 is 1.54 bits per heavy atom. The Hall–Kier alpha value is -3.92. The third kappa shape index (κ3) is 6.19. The average Bonchev–Trinajstić information content (AvgIpc) is 3.01. The summed E-state index contributed by atoms with van der Waals surface area (Å²) in [7, 11) is 0. The number of aliphatic hydroxyl groups is 1. The Labute approximate surface area is 298 Å². The molecule has 0 fully saturated rings. The van der Waals surface area contributed by atoms with Crippen molar-refractivity contribution in [2.45, 2.75) is 80.6 Å². The molecule has 0 bridgehead atoms. The molecular weight excluding hydrogens is 769 g/mol. The molecule has 4 nitrogen and oxygen atoms in total. The molecule has 249 valence electrons. The van der Waals surface area contributed by atoms with Gasteiger partial charge in [-0.1, -0.05) is 135 Å². The van der Waals surface area contributed by atoms with Gasteiger partial charge in [-0.05, 0) is 66.6 Å². The van der Waals surface area contributed by atoms with Crippen LogP contribution >= 0.6 is 0 Å². The maximum Gasteiger partial charge on any atom is 0.164 e. The number of pyridine rings is 2. The number of fused-ring (bicyclic) bond motifs is 7. The molecule has 0 aliphatic heterocycles. The summed E-state index contributed by atoms with van der Waals surface area (Å²) in [4.78, 5) is 21.5. The van der Waals surface area contributed by atoms with Gasteiger partial charge in [-0.2, -0.15) is 0 Å². The summed E-state index contributed by atoms with van der Waals surface area (Å²) in [6.45, 7) is 20.2. The fourth-order valence-corrected chi connectivity index (χ4v) is 6.32. The van der Waals surface area contributed by atoms with Crippen molar-refractivity contribution in [2.24, 2.45) is 10.8 Å². The molecule has 0 saturated heterocycles. The zero-order valence-electron chi connectivity index (χ0n) is 29.7. The first-order valence-electron chi connectivity index (χ1n) is 16.6. The van der Waals surface area contributed by atoms with Gasteiger partial charge in [0.15, 0.2) is 5.78 Å². The van der Waals surface area contributed by atoms with Crippen LogP contribution in [0.2, 0.25) is 0 Å². The minimum Gasteiger partial charge on any atom is -0.512 e. The van der Waals surface area contributed by atoms with Gasteiger partial charge in [0, 0.05) is 54.3 Å². The van der Waals surface area contributed by atoms with E-state index in [1.165, 1.54) is 49.5 Å². The molecule has 0 spiro atoms. The molecule has 7 rings (SSSR count). The van der Waals surface area contributed by atoms with Crippen LogP contribution in [0, 0.1) is 16.9 Å². The number of rotatable bonds is 2. The second-order valence-corrected chi connectivity index (χ2v) is 15.8. The van der Waals surface area contributed by atoms with Crippen molar-refractivity contribution in [3.8, 4) is 11.3 Å². The third-order valence-electron chi connectivity index (χ3n) is 9.46. The SMILES string of the molecule is CC(C)(C)C(=O)/C=C(\O)C(C)(C)C.CC(C)c1ccc2ccc3c4ccnc5c4c(cc3c2c1)C(C)(C)c1nc2ccccc2[c-]c1-5.[Ir]. The largest absolute Gasteiger partial charge is 0.512 e. The van der Waals surface area contributed by atoms with Gasteiger partial charge in [0.1, 0.15) is 5.76 Å². The number of aromatic nitrogens is 2. The van der Waals surface area contributed by atoms with Crippen LogP contribution in [0.1, 0.15) is 92.0 Å². The van der Waals surface area contributed by atoms with E-state index < -0.39 is 5.41 Å². The number of ketones is 1. The average molecular weight is 814 g/mol. The fraction of sp³-hybridized carbons (Fsp3) is 0.326. The Balaban J connectivity index is 0.000000277. The van der Waals surface area contributed by atoms with Crippen LogP contribution in [-0.4, -0.2) is 20.9 Å². The first-order chi connectivity index (χ1) is 22.0. The van der Waals surface area contributed by atoms with E-state index in [1.54, 1.807) is 0 Å². The fourth-order valence-electron chi connectivity index (χ4n) is 6.32. The van der Waals surface area contributed by atoms with E-state index in [4.69, 9.17) is 9.97 Å². The van der Waals surface area contributed by atoms with Crippen LogP contribution < -0.4 is 0 Å². The normalized spacial score (nSPS) is 14.1. The predicted molar refractivity (Wildman–Crippen MR) is 197 cm³/mol. The van der Waals surface area contributed by atoms with Gasteiger partial charge in [-0.3, -0.25) is 9.78 Å². The zero-order valence-corrected chi connectivity index (χ0v) is 32.1. The maximum absolute atomic E-state index is 11.5. The molecule has 0 amide bonds. The van der Waals surface area contributed by atoms with Gasteiger partial charge < -0.3 is 10.1 Å². The molecule has 4 aromatic carbocycles. The number of carbonyl (C=O) groups excluding carboxylic acids is 1. The smallest absolute Gasteiger partial charge is 0.164 e. The van der Waals surface area contributed by atoms with E-state index in [2.05, 4.69) is 88.4 Å². The Bertz CT molecular complexity index is 2250. The van der Waals surface area contributed by atoms with Crippen molar-refractivity contribution in [3.05, 3.63) is 108 Å². The van der Waals surface area contributed by atoms with Crippen molar-refractivity contribution >= 4 is 49.0 Å². The van der Waals surface area contributed by atoms with Crippen molar-refractivity contribution in [1.82, 2.24) is 9.97 Å². The number of nitrogens with zero attached hydrogens (tertiary/aromatic N) is 2. The predicted octanol–water partition coefficient (Wildman–Crippen LogP) is 11.4. The van der Waals surface area contributed by atoms with Crippen LogP contribution in [0.4, 0.5) is 0 Å². The topological polar surface area (TPSA) is 63.1 Å². The molecular formula is C43H45IrN2O2-. The van der Waals surface area contributed by atoms with Crippen molar-refractivity contribution < 1.29 is 30.0 Å². The van der Waals surface area contributed by atoms with E-state index in [1.807, 2.05) is 59.9 Å². The second-order valence-electron chi connectivity index (χ2n) is 15.8. The van der Waals surface area contributed by atoms with E-state index in [0.29, 0.717) is 5.92 Å². The summed E-state index contributed by atoms with van der Waals surface area (Å²) in [5.41, 5.74) is 5.71. The number of carbonyl (C=O) groups is 1. The van der Waals surface area contributed by atoms with Crippen LogP contribution in [-0.2, 0) is 30.3 Å². The van der Waals surface area contributed by atoms with Crippen molar-refractivity contribution in [3.63, 3.8) is 0 Å².